The SMILES string of the molecule is Cc1ccncc1C12CCCN1CCC2.Cl.Cl. The van der Waals surface area contributed by atoms with Crippen LogP contribution in [-0.2, 0) is 5.54 Å². The zero-order chi connectivity index (χ0) is 10.3. The highest BCUT2D eigenvalue weighted by atomic mass is 35.5. The van der Waals surface area contributed by atoms with Gasteiger partial charge in [0.1, 0.15) is 0 Å². The van der Waals surface area contributed by atoms with Crippen LogP contribution in [0.2, 0.25) is 0 Å². The van der Waals surface area contributed by atoms with Crippen molar-refractivity contribution in [1.29, 1.82) is 0 Å². The van der Waals surface area contributed by atoms with Crippen LogP contribution < -0.4 is 0 Å². The third kappa shape index (κ3) is 2.18. The molecule has 0 aliphatic carbocycles. The summed E-state index contributed by atoms with van der Waals surface area (Å²) in [6.07, 6.45) is 9.38. The topological polar surface area (TPSA) is 16.1 Å². The van der Waals surface area contributed by atoms with E-state index in [0.29, 0.717) is 5.54 Å². The minimum atomic E-state index is 0. The number of pyridine rings is 1. The predicted octanol–water partition coefficient (Wildman–Crippen LogP) is 3.32. The van der Waals surface area contributed by atoms with Crippen LogP contribution in [-0.4, -0.2) is 23.0 Å². The van der Waals surface area contributed by atoms with Gasteiger partial charge in [-0.05, 0) is 62.9 Å². The van der Waals surface area contributed by atoms with E-state index in [0.717, 1.165) is 0 Å². The number of hydrogen-bond donors (Lipinski definition) is 0. The maximum absolute atomic E-state index is 4.32. The van der Waals surface area contributed by atoms with Gasteiger partial charge in [0.25, 0.3) is 0 Å². The Morgan fingerprint density at radius 3 is 2.41 bits per heavy atom. The standard InChI is InChI=1S/C13H18N2.2ClH/c1-11-4-7-14-10-12(11)13-5-2-8-15(13)9-3-6-13;;/h4,7,10H,2-3,5-6,8-9H2,1H3;2*1H. The molecule has 0 radical (unpaired) electrons. The van der Waals surface area contributed by atoms with E-state index in [1.807, 2.05) is 6.20 Å². The average molecular weight is 275 g/mol. The fourth-order valence-corrected chi connectivity index (χ4v) is 3.50. The second kappa shape index (κ2) is 5.55. The van der Waals surface area contributed by atoms with E-state index in [2.05, 4.69) is 29.1 Å². The lowest BCUT2D eigenvalue weighted by molar-refractivity contribution is 0.196. The molecule has 0 saturated carbocycles. The Balaban J connectivity index is 0.000000722. The highest BCUT2D eigenvalue weighted by Gasteiger charge is 2.46. The lowest BCUT2D eigenvalue weighted by atomic mass is 9.84. The lowest BCUT2D eigenvalue weighted by Crippen LogP contribution is -2.36. The van der Waals surface area contributed by atoms with Crippen molar-refractivity contribution in [1.82, 2.24) is 9.88 Å². The molecule has 0 aromatic carbocycles. The fourth-order valence-electron chi connectivity index (χ4n) is 3.50. The van der Waals surface area contributed by atoms with Gasteiger partial charge in [-0.2, -0.15) is 0 Å². The van der Waals surface area contributed by atoms with Crippen LogP contribution in [0.25, 0.3) is 0 Å². The van der Waals surface area contributed by atoms with Gasteiger partial charge in [-0.25, -0.2) is 0 Å². The van der Waals surface area contributed by atoms with Crippen LogP contribution in [0.3, 0.4) is 0 Å². The Hall–Kier alpha value is -0.310. The molecule has 1 aromatic heterocycles. The minimum absolute atomic E-state index is 0. The molecule has 0 atom stereocenters. The van der Waals surface area contributed by atoms with Crippen molar-refractivity contribution >= 4 is 24.8 Å². The number of hydrogen-bond acceptors (Lipinski definition) is 2. The first-order valence-corrected chi connectivity index (χ1v) is 5.99. The zero-order valence-electron chi connectivity index (χ0n) is 10.2. The maximum atomic E-state index is 4.32. The monoisotopic (exact) mass is 274 g/mol. The normalized spacial score (nSPS) is 21.5. The van der Waals surface area contributed by atoms with Gasteiger partial charge in [0.2, 0.25) is 0 Å². The Kier molecular flexibility index (Phi) is 4.82. The molecular weight excluding hydrogens is 255 g/mol. The molecule has 4 heteroatoms. The molecule has 96 valence electrons. The van der Waals surface area contributed by atoms with Gasteiger partial charge in [0.05, 0.1) is 0 Å². The number of nitrogens with zero attached hydrogens (tertiary/aromatic N) is 2. The first kappa shape index (κ1) is 14.7. The molecule has 2 saturated heterocycles. The summed E-state index contributed by atoms with van der Waals surface area (Å²) in [5.74, 6) is 0. The molecule has 0 spiro atoms. The average Bonchev–Trinajstić information content (AvgIpc) is 2.77. The smallest absolute Gasteiger partial charge is 0.0479 e. The molecule has 2 aliphatic heterocycles. The van der Waals surface area contributed by atoms with Crippen LogP contribution >= 0.6 is 24.8 Å². The van der Waals surface area contributed by atoms with Gasteiger partial charge < -0.3 is 0 Å². The molecule has 17 heavy (non-hydrogen) atoms. The van der Waals surface area contributed by atoms with Crippen LogP contribution in [0, 0.1) is 6.92 Å². The second-order valence-electron chi connectivity index (χ2n) is 4.92. The zero-order valence-corrected chi connectivity index (χ0v) is 11.8. The van der Waals surface area contributed by atoms with Crippen LogP contribution in [0.5, 0.6) is 0 Å². The summed E-state index contributed by atoms with van der Waals surface area (Å²) in [7, 11) is 0. The van der Waals surface area contributed by atoms with Crippen molar-refractivity contribution in [3.63, 3.8) is 0 Å². The summed E-state index contributed by atoms with van der Waals surface area (Å²) in [5.41, 5.74) is 3.26. The number of halogens is 2. The van der Waals surface area contributed by atoms with Gasteiger partial charge in [-0.1, -0.05) is 0 Å². The quantitative estimate of drug-likeness (QED) is 0.781. The largest absolute Gasteiger partial charge is 0.294 e. The molecule has 2 fully saturated rings. The van der Waals surface area contributed by atoms with Crippen molar-refractivity contribution in [3.8, 4) is 0 Å². The molecule has 3 heterocycles. The predicted molar refractivity (Wildman–Crippen MR) is 75.2 cm³/mol. The maximum Gasteiger partial charge on any atom is 0.0479 e. The summed E-state index contributed by atoms with van der Waals surface area (Å²) in [4.78, 5) is 7.00. The third-order valence-corrected chi connectivity index (χ3v) is 4.18. The van der Waals surface area contributed by atoms with E-state index in [1.54, 1.807) is 0 Å². The Labute approximate surface area is 116 Å². The molecule has 2 aliphatic rings. The Morgan fingerprint density at radius 2 is 1.82 bits per heavy atom. The van der Waals surface area contributed by atoms with Gasteiger partial charge in [-0.3, -0.25) is 9.88 Å². The van der Waals surface area contributed by atoms with E-state index in [9.17, 15) is 0 Å². The molecule has 0 unspecified atom stereocenters. The van der Waals surface area contributed by atoms with Crippen LogP contribution in [0.4, 0.5) is 0 Å². The van der Waals surface area contributed by atoms with Crippen LogP contribution in [0.15, 0.2) is 18.5 Å². The van der Waals surface area contributed by atoms with E-state index in [1.165, 1.54) is 49.9 Å². The molecule has 3 rings (SSSR count). The van der Waals surface area contributed by atoms with Crippen molar-refractivity contribution in [2.75, 3.05) is 13.1 Å². The van der Waals surface area contributed by atoms with Gasteiger partial charge in [0, 0.05) is 17.9 Å². The summed E-state index contributed by atoms with van der Waals surface area (Å²) in [5, 5.41) is 0. The highest BCUT2D eigenvalue weighted by Crippen LogP contribution is 2.47. The number of fused-ring (bicyclic) bond motifs is 1. The van der Waals surface area contributed by atoms with Gasteiger partial charge in [-0.15, -0.1) is 24.8 Å². The lowest BCUT2D eigenvalue weighted by Gasteiger charge is -2.33. The number of rotatable bonds is 1. The number of aromatic nitrogens is 1. The fraction of sp³-hybridized carbons (Fsp3) is 0.615. The highest BCUT2D eigenvalue weighted by molar-refractivity contribution is 5.85. The summed E-state index contributed by atoms with van der Waals surface area (Å²) in [6, 6.07) is 2.15. The second-order valence-corrected chi connectivity index (χ2v) is 4.92. The molecule has 1 aromatic rings. The van der Waals surface area contributed by atoms with Crippen molar-refractivity contribution in [2.24, 2.45) is 0 Å². The van der Waals surface area contributed by atoms with E-state index in [-0.39, 0.29) is 24.8 Å². The van der Waals surface area contributed by atoms with E-state index >= 15 is 0 Å². The Bertz CT molecular complexity index is 371. The molecule has 0 N–H and O–H groups in total. The van der Waals surface area contributed by atoms with E-state index in [4.69, 9.17) is 0 Å². The molecule has 0 bridgehead atoms. The van der Waals surface area contributed by atoms with Gasteiger partial charge in [0.15, 0.2) is 0 Å². The van der Waals surface area contributed by atoms with Crippen molar-refractivity contribution < 1.29 is 0 Å². The summed E-state index contributed by atoms with van der Waals surface area (Å²) >= 11 is 0. The van der Waals surface area contributed by atoms with Crippen molar-refractivity contribution in [2.45, 2.75) is 38.1 Å². The molecule has 0 amide bonds. The first-order chi connectivity index (χ1) is 7.33. The van der Waals surface area contributed by atoms with Gasteiger partial charge >= 0.3 is 0 Å². The van der Waals surface area contributed by atoms with Crippen LogP contribution in [0.1, 0.15) is 36.8 Å². The van der Waals surface area contributed by atoms with Crippen molar-refractivity contribution in [3.05, 3.63) is 29.6 Å². The molecular formula is C13H20Cl2N2. The Morgan fingerprint density at radius 1 is 1.18 bits per heavy atom. The number of aryl methyl sites for hydroxylation is 1. The third-order valence-electron chi connectivity index (χ3n) is 4.18. The molecule has 2 nitrogen and oxygen atoms in total. The minimum Gasteiger partial charge on any atom is -0.294 e. The summed E-state index contributed by atoms with van der Waals surface area (Å²) in [6.45, 7) is 4.79. The first-order valence-electron chi connectivity index (χ1n) is 5.99. The summed E-state index contributed by atoms with van der Waals surface area (Å²) < 4.78 is 0. The van der Waals surface area contributed by atoms with E-state index < -0.39 is 0 Å².